The minimum absolute atomic E-state index is 0.332. The van der Waals surface area contributed by atoms with Gasteiger partial charge in [0.1, 0.15) is 11.6 Å². The predicted octanol–water partition coefficient (Wildman–Crippen LogP) is 4.07. The highest BCUT2D eigenvalue weighted by Gasteiger charge is 2.05. The van der Waals surface area contributed by atoms with Gasteiger partial charge in [0.05, 0.1) is 20.8 Å². The number of nitrogens with one attached hydrogen (secondary N) is 1. The Hall–Kier alpha value is -1.14. The van der Waals surface area contributed by atoms with Crippen LogP contribution in [-0.2, 0) is 0 Å². The van der Waals surface area contributed by atoms with Crippen molar-refractivity contribution in [3.63, 3.8) is 0 Å². The van der Waals surface area contributed by atoms with E-state index in [2.05, 4.69) is 42.2 Å². The van der Waals surface area contributed by atoms with Crippen LogP contribution in [0.3, 0.4) is 0 Å². The van der Waals surface area contributed by atoms with Crippen molar-refractivity contribution >= 4 is 49.1 Å². The van der Waals surface area contributed by atoms with E-state index in [1.165, 1.54) is 12.3 Å². The number of anilines is 3. The van der Waals surface area contributed by atoms with Gasteiger partial charge in [-0.1, -0.05) is 0 Å². The summed E-state index contributed by atoms with van der Waals surface area (Å²) in [7, 11) is 0. The zero-order chi connectivity index (χ0) is 12.4. The first-order valence-electron chi connectivity index (χ1n) is 4.69. The minimum Gasteiger partial charge on any atom is -0.397 e. The quantitative estimate of drug-likeness (QED) is 0.848. The van der Waals surface area contributed by atoms with Crippen molar-refractivity contribution in [1.82, 2.24) is 4.98 Å². The van der Waals surface area contributed by atoms with E-state index in [-0.39, 0.29) is 5.82 Å². The van der Waals surface area contributed by atoms with Crippen LogP contribution in [0.25, 0.3) is 0 Å². The first-order valence-corrected chi connectivity index (χ1v) is 6.28. The highest BCUT2D eigenvalue weighted by Crippen LogP contribution is 2.27. The van der Waals surface area contributed by atoms with Crippen LogP contribution < -0.4 is 11.1 Å². The largest absolute Gasteiger partial charge is 0.397 e. The van der Waals surface area contributed by atoms with Gasteiger partial charge in [0.25, 0.3) is 0 Å². The molecule has 3 N–H and O–H groups in total. The van der Waals surface area contributed by atoms with E-state index in [0.717, 1.165) is 4.47 Å². The molecule has 3 nitrogen and oxygen atoms in total. The zero-order valence-electron chi connectivity index (χ0n) is 8.55. The molecule has 0 unspecified atom stereocenters. The Balaban J connectivity index is 2.28. The van der Waals surface area contributed by atoms with E-state index in [9.17, 15) is 4.39 Å². The topological polar surface area (TPSA) is 50.9 Å². The highest BCUT2D eigenvalue weighted by molar-refractivity contribution is 9.10. The fraction of sp³-hybridized carbons (Fsp3) is 0. The Morgan fingerprint density at radius 1 is 1.18 bits per heavy atom. The SMILES string of the molecule is Nc1cnc(Nc2ccc(Br)c(F)c2)c(Br)c1. The molecule has 0 saturated heterocycles. The fourth-order valence-electron chi connectivity index (χ4n) is 1.26. The number of hydrogen-bond acceptors (Lipinski definition) is 3. The third kappa shape index (κ3) is 2.95. The number of nitrogens with zero attached hydrogens (tertiary/aromatic N) is 1. The zero-order valence-corrected chi connectivity index (χ0v) is 11.7. The molecule has 0 atom stereocenters. The summed E-state index contributed by atoms with van der Waals surface area (Å²) in [4.78, 5) is 4.11. The fourth-order valence-corrected chi connectivity index (χ4v) is 1.97. The van der Waals surface area contributed by atoms with Crippen molar-refractivity contribution in [3.05, 3.63) is 45.2 Å². The normalized spacial score (nSPS) is 10.3. The number of benzene rings is 1. The van der Waals surface area contributed by atoms with Crippen LogP contribution in [0.4, 0.5) is 21.6 Å². The third-order valence-electron chi connectivity index (χ3n) is 2.04. The van der Waals surface area contributed by atoms with E-state index in [0.29, 0.717) is 21.7 Å². The lowest BCUT2D eigenvalue weighted by atomic mass is 10.3. The summed E-state index contributed by atoms with van der Waals surface area (Å²) in [5, 5.41) is 2.99. The van der Waals surface area contributed by atoms with Crippen LogP contribution >= 0.6 is 31.9 Å². The van der Waals surface area contributed by atoms with Crippen LogP contribution in [-0.4, -0.2) is 4.98 Å². The second kappa shape index (κ2) is 5.01. The number of halogens is 3. The van der Waals surface area contributed by atoms with Crippen LogP contribution in [0.1, 0.15) is 0 Å². The standard InChI is InChI=1S/C11H8Br2FN3/c12-8-2-1-7(4-10(8)14)17-11-9(13)3-6(15)5-16-11/h1-5H,15H2,(H,16,17). The molecule has 2 aromatic rings. The van der Waals surface area contributed by atoms with Crippen molar-refractivity contribution in [2.45, 2.75) is 0 Å². The van der Waals surface area contributed by atoms with Gasteiger partial charge in [-0.25, -0.2) is 9.37 Å². The molecule has 0 amide bonds. The van der Waals surface area contributed by atoms with Crippen LogP contribution in [0.5, 0.6) is 0 Å². The van der Waals surface area contributed by atoms with Crippen LogP contribution in [0, 0.1) is 5.82 Å². The van der Waals surface area contributed by atoms with Crippen molar-refractivity contribution in [2.24, 2.45) is 0 Å². The summed E-state index contributed by atoms with van der Waals surface area (Å²) in [6.07, 6.45) is 1.53. The third-order valence-corrected chi connectivity index (χ3v) is 3.29. The van der Waals surface area contributed by atoms with E-state index >= 15 is 0 Å². The molecule has 0 fully saturated rings. The molecule has 0 spiro atoms. The molecule has 17 heavy (non-hydrogen) atoms. The molecule has 2 rings (SSSR count). The maximum atomic E-state index is 13.3. The molecule has 0 aliphatic carbocycles. The Morgan fingerprint density at radius 3 is 2.59 bits per heavy atom. The number of hydrogen-bond donors (Lipinski definition) is 2. The van der Waals surface area contributed by atoms with Gasteiger partial charge in [-0.2, -0.15) is 0 Å². The summed E-state index contributed by atoms with van der Waals surface area (Å²) in [6.45, 7) is 0. The van der Waals surface area contributed by atoms with Gasteiger partial charge >= 0.3 is 0 Å². The number of nitrogen functional groups attached to an aromatic ring is 1. The van der Waals surface area contributed by atoms with E-state index in [1.807, 2.05) is 0 Å². The van der Waals surface area contributed by atoms with E-state index < -0.39 is 0 Å². The van der Waals surface area contributed by atoms with Crippen LogP contribution in [0.15, 0.2) is 39.4 Å². The molecule has 0 radical (unpaired) electrons. The minimum atomic E-state index is -0.332. The van der Waals surface area contributed by atoms with E-state index in [1.54, 1.807) is 18.2 Å². The molecule has 0 bridgehead atoms. The summed E-state index contributed by atoms with van der Waals surface area (Å²) >= 11 is 6.42. The molecule has 1 heterocycles. The summed E-state index contributed by atoms with van der Waals surface area (Å²) in [5.41, 5.74) is 6.75. The Morgan fingerprint density at radius 2 is 1.94 bits per heavy atom. The van der Waals surface area contributed by atoms with E-state index in [4.69, 9.17) is 5.73 Å². The molecule has 0 aliphatic rings. The first-order chi connectivity index (χ1) is 8.06. The predicted molar refractivity (Wildman–Crippen MR) is 73.7 cm³/mol. The van der Waals surface area contributed by atoms with Gasteiger partial charge in [0.15, 0.2) is 0 Å². The summed E-state index contributed by atoms with van der Waals surface area (Å²) in [5.74, 6) is 0.252. The molecular weight excluding hydrogens is 353 g/mol. The first kappa shape index (κ1) is 12.3. The Bertz CT molecular complexity index is 560. The Kier molecular flexibility index (Phi) is 3.63. The average Bonchev–Trinajstić information content (AvgIpc) is 2.27. The maximum absolute atomic E-state index is 13.3. The van der Waals surface area contributed by atoms with Crippen molar-refractivity contribution in [1.29, 1.82) is 0 Å². The van der Waals surface area contributed by atoms with Crippen LogP contribution in [0.2, 0.25) is 0 Å². The summed E-state index contributed by atoms with van der Waals surface area (Å²) in [6, 6.07) is 6.49. The lowest BCUT2D eigenvalue weighted by Crippen LogP contribution is -1.97. The average molecular weight is 361 g/mol. The molecule has 0 saturated carbocycles. The Labute approximate surface area is 114 Å². The number of nitrogens with two attached hydrogens (primary N) is 1. The molecule has 1 aromatic heterocycles. The monoisotopic (exact) mass is 359 g/mol. The van der Waals surface area contributed by atoms with Crippen molar-refractivity contribution < 1.29 is 4.39 Å². The number of rotatable bonds is 2. The van der Waals surface area contributed by atoms with Gasteiger partial charge in [-0.15, -0.1) is 0 Å². The highest BCUT2D eigenvalue weighted by atomic mass is 79.9. The second-order valence-corrected chi connectivity index (χ2v) is 5.06. The molecule has 88 valence electrons. The van der Waals surface area contributed by atoms with Gasteiger partial charge in [0, 0.05) is 5.69 Å². The lowest BCUT2D eigenvalue weighted by molar-refractivity contribution is 0.622. The molecule has 6 heteroatoms. The molecule has 0 aliphatic heterocycles. The molecule has 1 aromatic carbocycles. The summed E-state index contributed by atoms with van der Waals surface area (Å²) < 4.78 is 14.5. The van der Waals surface area contributed by atoms with Crippen molar-refractivity contribution in [2.75, 3.05) is 11.1 Å². The van der Waals surface area contributed by atoms with Gasteiger partial charge in [0.2, 0.25) is 0 Å². The second-order valence-electron chi connectivity index (χ2n) is 3.35. The van der Waals surface area contributed by atoms with Gasteiger partial charge in [-0.05, 0) is 56.1 Å². The van der Waals surface area contributed by atoms with Gasteiger partial charge < -0.3 is 11.1 Å². The number of pyridine rings is 1. The lowest BCUT2D eigenvalue weighted by Gasteiger charge is -2.08. The number of aromatic nitrogens is 1. The van der Waals surface area contributed by atoms with Crippen molar-refractivity contribution in [3.8, 4) is 0 Å². The van der Waals surface area contributed by atoms with Gasteiger partial charge in [-0.3, -0.25) is 0 Å². The smallest absolute Gasteiger partial charge is 0.144 e. The maximum Gasteiger partial charge on any atom is 0.144 e. The molecular formula is C11H8Br2FN3.